The van der Waals surface area contributed by atoms with Gasteiger partial charge in [-0.05, 0) is 30.3 Å². The van der Waals surface area contributed by atoms with Gasteiger partial charge in [0.25, 0.3) is 0 Å². The first kappa shape index (κ1) is 16.5. The summed E-state index contributed by atoms with van der Waals surface area (Å²) in [4.78, 5) is 10.7. The molecule has 0 aliphatic carbocycles. The number of nitrogens with one attached hydrogen (secondary N) is 2. The van der Waals surface area contributed by atoms with Gasteiger partial charge in [0.1, 0.15) is 27.0 Å². The maximum absolute atomic E-state index is 11.0. The number of sulfonamides is 1. The third kappa shape index (κ3) is 3.44. The summed E-state index contributed by atoms with van der Waals surface area (Å²) in [5.74, 6) is -0.458. The Kier molecular flexibility index (Phi) is 4.12. The summed E-state index contributed by atoms with van der Waals surface area (Å²) >= 11 is 0. The van der Waals surface area contributed by atoms with Gasteiger partial charge in [0, 0.05) is 5.56 Å². The van der Waals surface area contributed by atoms with Crippen molar-refractivity contribution in [2.45, 2.75) is 4.90 Å². The molecule has 4 aromatic rings. The summed E-state index contributed by atoms with van der Waals surface area (Å²) in [7, 11) is -3.72. The lowest BCUT2D eigenvalue weighted by Gasteiger charge is -1.96. The van der Waals surface area contributed by atoms with Gasteiger partial charge in [-0.15, -0.1) is 0 Å². The van der Waals surface area contributed by atoms with Crippen LogP contribution >= 0.6 is 0 Å². The van der Waals surface area contributed by atoms with Crippen LogP contribution in [0.5, 0.6) is 0 Å². The van der Waals surface area contributed by atoms with Crippen molar-refractivity contribution >= 4 is 38.0 Å². The molecular formula is C13H12N8O3S. The Morgan fingerprint density at radius 1 is 0.920 bits per heavy atom. The van der Waals surface area contributed by atoms with Crippen LogP contribution in [0, 0.1) is 0 Å². The number of aromatic amines is 2. The molecule has 0 bridgehead atoms. The van der Waals surface area contributed by atoms with E-state index in [2.05, 4.69) is 30.8 Å². The number of carbonyl (C=O) groups excluding carboxylic acids is 1. The second-order valence-electron chi connectivity index (χ2n) is 4.88. The van der Waals surface area contributed by atoms with Crippen molar-refractivity contribution in [3.63, 3.8) is 0 Å². The van der Waals surface area contributed by atoms with Crippen LogP contribution in [-0.2, 0) is 10.0 Å². The summed E-state index contributed by atoms with van der Waals surface area (Å²) in [5.41, 5.74) is 7.63. The van der Waals surface area contributed by atoms with Crippen molar-refractivity contribution in [3.8, 4) is 0 Å². The van der Waals surface area contributed by atoms with Gasteiger partial charge in [0.2, 0.25) is 15.9 Å². The van der Waals surface area contributed by atoms with Crippen LogP contribution in [0.15, 0.2) is 41.3 Å². The molecule has 2 aromatic heterocycles. The molecule has 0 unspecified atom stereocenters. The number of hydrogen-bond donors (Lipinski definition) is 4. The third-order valence-corrected chi connectivity index (χ3v) is 4.16. The number of fused-ring (bicyclic) bond motifs is 2. The van der Waals surface area contributed by atoms with Crippen LogP contribution in [0.25, 0.3) is 22.1 Å². The number of para-hydroxylation sites is 1. The molecule has 128 valence electrons. The Hall–Kier alpha value is -3.38. The van der Waals surface area contributed by atoms with E-state index in [0.29, 0.717) is 16.6 Å². The van der Waals surface area contributed by atoms with E-state index in [0.717, 1.165) is 5.52 Å². The van der Waals surface area contributed by atoms with Crippen LogP contribution in [0.1, 0.15) is 10.4 Å². The van der Waals surface area contributed by atoms with Crippen LogP contribution in [0.2, 0.25) is 0 Å². The molecule has 1 amide bonds. The van der Waals surface area contributed by atoms with Crippen molar-refractivity contribution in [1.82, 2.24) is 30.8 Å². The van der Waals surface area contributed by atoms with E-state index in [4.69, 9.17) is 10.9 Å². The molecule has 0 atom stereocenters. The highest BCUT2D eigenvalue weighted by atomic mass is 32.2. The molecule has 0 spiro atoms. The van der Waals surface area contributed by atoms with Gasteiger partial charge in [-0.25, -0.2) is 13.6 Å². The number of primary amides is 1. The summed E-state index contributed by atoms with van der Waals surface area (Å²) in [5, 5.41) is 24.8. The van der Waals surface area contributed by atoms with Crippen molar-refractivity contribution < 1.29 is 13.2 Å². The van der Waals surface area contributed by atoms with E-state index in [1.807, 2.05) is 0 Å². The minimum atomic E-state index is -3.72. The number of aromatic nitrogens is 6. The highest BCUT2D eigenvalue weighted by Crippen LogP contribution is 2.16. The molecular weight excluding hydrogens is 348 g/mol. The van der Waals surface area contributed by atoms with Crippen LogP contribution in [0.3, 0.4) is 0 Å². The summed E-state index contributed by atoms with van der Waals surface area (Å²) < 4.78 is 22.1. The van der Waals surface area contributed by atoms with Crippen molar-refractivity contribution in [2.24, 2.45) is 10.9 Å². The molecule has 0 aliphatic heterocycles. The van der Waals surface area contributed by atoms with Crippen molar-refractivity contribution in [1.29, 1.82) is 0 Å². The summed E-state index contributed by atoms with van der Waals surface area (Å²) in [6.45, 7) is 0. The fourth-order valence-corrected chi connectivity index (χ4v) is 2.75. The second kappa shape index (κ2) is 6.26. The Morgan fingerprint density at radius 2 is 1.60 bits per heavy atom. The molecule has 11 nitrogen and oxygen atoms in total. The number of nitrogens with zero attached hydrogens (tertiary/aromatic N) is 4. The highest BCUT2D eigenvalue weighted by molar-refractivity contribution is 7.89. The maximum atomic E-state index is 11.0. The zero-order valence-corrected chi connectivity index (χ0v) is 13.4. The molecule has 25 heavy (non-hydrogen) atoms. The van der Waals surface area contributed by atoms with Gasteiger partial charge >= 0.3 is 0 Å². The number of rotatable bonds is 2. The largest absolute Gasteiger partial charge is 0.366 e. The molecule has 0 saturated heterocycles. The van der Waals surface area contributed by atoms with Gasteiger partial charge < -0.3 is 5.73 Å². The quantitative estimate of drug-likeness (QED) is 0.376. The first-order valence-electron chi connectivity index (χ1n) is 6.79. The average Bonchev–Trinajstić information content (AvgIpc) is 3.22. The fourth-order valence-electron chi connectivity index (χ4n) is 2.07. The highest BCUT2D eigenvalue weighted by Gasteiger charge is 2.14. The van der Waals surface area contributed by atoms with Gasteiger partial charge in [0.05, 0.1) is 0 Å². The normalized spacial score (nSPS) is 11.2. The molecule has 2 heterocycles. The Balaban J connectivity index is 0.000000146. The van der Waals surface area contributed by atoms with Crippen molar-refractivity contribution in [3.05, 3.63) is 42.0 Å². The zero-order valence-electron chi connectivity index (χ0n) is 12.5. The van der Waals surface area contributed by atoms with Gasteiger partial charge in [-0.1, -0.05) is 6.07 Å². The number of primary sulfonamides is 1. The zero-order chi connectivity index (χ0) is 18.0. The van der Waals surface area contributed by atoms with Crippen molar-refractivity contribution in [2.75, 3.05) is 0 Å². The lowest BCUT2D eigenvalue weighted by atomic mass is 10.2. The van der Waals surface area contributed by atoms with Crippen LogP contribution in [-0.4, -0.2) is 45.1 Å². The van der Waals surface area contributed by atoms with Crippen LogP contribution in [0.4, 0.5) is 0 Å². The number of hydrogen-bond acceptors (Lipinski definition) is 7. The van der Waals surface area contributed by atoms with Gasteiger partial charge in [-0.3, -0.25) is 4.79 Å². The lowest BCUT2D eigenvalue weighted by Crippen LogP contribution is -2.12. The molecule has 0 saturated carbocycles. The Labute approximate surface area is 140 Å². The third-order valence-electron chi connectivity index (χ3n) is 3.22. The predicted octanol–water partition coefficient (Wildman–Crippen LogP) is -0.338. The van der Waals surface area contributed by atoms with Gasteiger partial charge in [0.15, 0.2) is 0 Å². The number of nitrogens with two attached hydrogens (primary N) is 2. The lowest BCUT2D eigenvalue weighted by molar-refractivity contribution is 0.100. The SMILES string of the molecule is NC(=O)c1ccc2n[nH]nc2c1.NS(=O)(=O)c1cccc2n[nH]nc12. The minimum Gasteiger partial charge on any atom is -0.366 e. The number of H-pyrrole nitrogens is 2. The standard InChI is InChI=1S/C7H6N4O.C6H6N4O2S/c8-7(12)4-1-2-5-6(3-4)10-11-9-5;7-13(11,12)5-3-1-2-4-6(5)9-10-8-4/h1-3H,(H2,8,12)(H,9,10,11);1-3H,(H2,7,11,12)(H,8,9,10). The predicted molar refractivity (Wildman–Crippen MR) is 87.7 cm³/mol. The van der Waals surface area contributed by atoms with E-state index >= 15 is 0 Å². The van der Waals surface area contributed by atoms with Crippen LogP contribution < -0.4 is 10.9 Å². The molecule has 0 radical (unpaired) electrons. The molecule has 12 heteroatoms. The molecule has 6 N–H and O–H groups in total. The van der Waals surface area contributed by atoms with E-state index in [1.165, 1.54) is 6.07 Å². The van der Waals surface area contributed by atoms with E-state index in [9.17, 15) is 13.2 Å². The minimum absolute atomic E-state index is 0.0150. The summed E-state index contributed by atoms with van der Waals surface area (Å²) in [6.07, 6.45) is 0. The number of amides is 1. The monoisotopic (exact) mass is 360 g/mol. The van der Waals surface area contributed by atoms with Gasteiger partial charge in [-0.2, -0.15) is 30.8 Å². The second-order valence-corrected chi connectivity index (χ2v) is 6.41. The van der Waals surface area contributed by atoms with E-state index in [1.54, 1.807) is 30.3 Å². The average molecular weight is 360 g/mol. The molecule has 2 aromatic carbocycles. The fraction of sp³-hybridized carbons (Fsp3) is 0. The molecule has 0 fully saturated rings. The van der Waals surface area contributed by atoms with E-state index < -0.39 is 15.9 Å². The summed E-state index contributed by atoms with van der Waals surface area (Å²) in [6, 6.07) is 9.51. The molecule has 0 aliphatic rings. The maximum Gasteiger partial charge on any atom is 0.248 e. The number of benzene rings is 2. The smallest absolute Gasteiger partial charge is 0.248 e. The first-order chi connectivity index (χ1) is 11.9. The number of carbonyl (C=O) groups is 1. The first-order valence-corrected chi connectivity index (χ1v) is 8.33. The van der Waals surface area contributed by atoms with E-state index in [-0.39, 0.29) is 10.4 Å². The topological polar surface area (TPSA) is 186 Å². The molecule has 4 rings (SSSR count). The Morgan fingerprint density at radius 3 is 2.32 bits per heavy atom. The Bertz CT molecular complexity index is 1160.